The van der Waals surface area contributed by atoms with Crippen molar-refractivity contribution >= 4 is 18.3 Å². The molecule has 0 aliphatic heterocycles. The lowest BCUT2D eigenvalue weighted by Crippen LogP contribution is -2.54. The van der Waals surface area contributed by atoms with Gasteiger partial charge >= 0.3 is 0 Å². The molecule has 2 aromatic carbocycles. The number of hydrogen-bond acceptors (Lipinski definition) is 4. The monoisotopic (exact) mass is 430 g/mol. The third-order valence-corrected chi connectivity index (χ3v) is 6.15. The molecule has 162 valence electrons. The maximum atomic E-state index is 12.6. The lowest BCUT2D eigenvalue weighted by molar-refractivity contribution is -0.125. The second-order valence-corrected chi connectivity index (χ2v) is 8.29. The van der Waals surface area contributed by atoms with Crippen LogP contribution in [0.3, 0.4) is 0 Å². The van der Waals surface area contributed by atoms with E-state index in [1.807, 2.05) is 54.6 Å². The molecule has 2 bridgehead atoms. The lowest BCUT2D eigenvalue weighted by atomic mass is 9.67. The predicted octanol–water partition coefficient (Wildman–Crippen LogP) is 4.09. The molecule has 5 nitrogen and oxygen atoms in total. The minimum absolute atomic E-state index is 0. The van der Waals surface area contributed by atoms with Crippen molar-refractivity contribution in [1.82, 2.24) is 5.32 Å². The number of hydrogen-bond donors (Lipinski definition) is 2. The molecule has 2 aliphatic rings. The predicted molar refractivity (Wildman–Crippen MR) is 120 cm³/mol. The van der Waals surface area contributed by atoms with Gasteiger partial charge in [0.15, 0.2) is 18.1 Å². The van der Waals surface area contributed by atoms with Gasteiger partial charge in [0.1, 0.15) is 6.61 Å². The average Bonchev–Trinajstić information content (AvgIpc) is 2.73. The van der Waals surface area contributed by atoms with Gasteiger partial charge in [-0.15, -0.1) is 12.4 Å². The van der Waals surface area contributed by atoms with Crippen LogP contribution in [0.15, 0.2) is 54.6 Å². The minimum atomic E-state index is -0.0692. The number of rotatable bonds is 7. The molecule has 2 atom stereocenters. The van der Waals surface area contributed by atoms with Gasteiger partial charge in [-0.1, -0.05) is 48.9 Å². The first-order chi connectivity index (χ1) is 14.2. The van der Waals surface area contributed by atoms with Crippen molar-refractivity contribution in [1.29, 1.82) is 0 Å². The normalized spacial score (nSPS) is 25.0. The van der Waals surface area contributed by atoms with Crippen molar-refractivity contribution in [3.8, 4) is 11.5 Å². The summed E-state index contributed by atoms with van der Waals surface area (Å²) in [5.41, 5.74) is 7.27. The van der Waals surface area contributed by atoms with Gasteiger partial charge in [0, 0.05) is 12.1 Å². The van der Waals surface area contributed by atoms with Crippen LogP contribution in [0, 0.1) is 11.8 Å². The maximum Gasteiger partial charge on any atom is 0.258 e. The zero-order valence-electron chi connectivity index (χ0n) is 17.2. The van der Waals surface area contributed by atoms with Crippen LogP contribution in [0.25, 0.3) is 0 Å². The first-order valence-corrected chi connectivity index (χ1v) is 10.6. The zero-order valence-corrected chi connectivity index (χ0v) is 18.0. The first-order valence-electron chi connectivity index (χ1n) is 10.6. The van der Waals surface area contributed by atoms with E-state index in [4.69, 9.17) is 15.2 Å². The topological polar surface area (TPSA) is 73.6 Å². The number of fused-ring (bicyclic) bond motifs is 2. The Kier molecular flexibility index (Phi) is 8.00. The molecule has 0 radical (unpaired) electrons. The van der Waals surface area contributed by atoms with E-state index in [1.54, 1.807) is 0 Å². The Morgan fingerprint density at radius 3 is 2.20 bits per heavy atom. The quantitative estimate of drug-likeness (QED) is 0.693. The number of nitrogens with one attached hydrogen (secondary N) is 1. The van der Waals surface area contributed by atoms with Crippen LogP contribution in [0.1, 0.15) is 37.7 Å². The zero-order chi connectivity index (χ0) is 20.1. The van der Waals surface area contributed by atoms with E-state index in [2.05, 4.69) is 5.32 Å². The summed E-state index contributed by atoms with van der Waals surface area (Å²) in [6, 6.07) is 18.0. The molecule has 0 spiro atoms. The minimum Gasteiger partial charge on any atom is -0.485 e. The number of carbonyl (C=O) groups is 1. The number of amides is 1. The summed E-state index contributed by atoms with van der Waals surface area (Å²) in [7, 11) is 0. The van der Waals surface area contributed by atoms with Gasteiger partial charge in [-0.2, -0.15) is 0 Å². The Morgan fingerprint density at radius 2 is 1.53 bits per heavy atom. The summed E-state index contributed by atoms with van der Waals surface area (Å²) in [6.07, 6.45) is 5.59. The number of carbonyl (C=O) groups excluding carboxylic acids is 1. The van der Waals surface area contributed by atoms with E-state index in [9.17, 15) is 4.79 Å². The van der Waals surface area contributed by atoms with Crippen molar-refractivity contribution < 1.29 is 14.3 Å². The molecule has 2 saturated carbocycles. The fourth-order valence-electron chi connectivity index (χ4n) is 4.82. The highest BCUT2D eigenvalue weighted by atomic mass is 35.5. The van der Waals surface area contributed by atoms with Crippen LogP contribution in [0.2, 0.25) is 0 Å². The molecule has 0 heterocycles. The Bertz CT molecular complexity index is 803. The molecule has 0 aromatic heterocycles. The van der Waals surface area contributed by atoms with E-state index in [-0.39, 0.29) is 37.0 Å². The Hall–Kier alpha value is -2.24. The number of ether oxygens (including phenoxy) is 2. The third-order valence-electron chi connectivity index (χ3n) is 6.15. The summed E-state index contributed by atoms with van der Waals surface area (Å²) < 4.78 is 11.7. The van der Waals surface area contributed by atoms with Crippen LogP contribution in [-0.2, 0) is 11.4 Å². The van der Waals surface area contributed by atoms with Gasteiger partial charge in [-0.05, 0) is 55.2 Å². The smallest absolute Gasteiger partial charge is 0.258 e. The highest BCUT2D eigenvalue weighted by Gasteiger charge is 2.39. The Balaban J connectivity index is 0.00000256. The van der Waals surface area contributed by atoms with Gasteiger partial charge in [-0.3, -0.25) is 4.79 Å². The van der Waals surface area contributed by atoms with E-state index in [1.165, 1.54) is 6.42 Å². The summed E-state index contributed by atoms with van der Waals surface area (Å²) in [5, 5.41) is 3.23. The number of para-hydroxylation sites is 2. The second-order valence-electron chi connectivity index (χ2n) is 8.29. The average molecular weight is 431 g/mol. The van der Waals surface area contributed by atoms with Crippen molar-refractivity contribution in [2.24, 2.45) is 17.6 Å². The Labute approximate surface area is 184 Å². The van der Waals surface area contributed by atoms with Crippen molar-refractivity contribution in [2.45, 2.75) is 50.8 Å². The third kappa shape index (κ3) is 5.67. The molecule has 2 aromatic rings. The van der Waals surface area contributed by atoms with Gasteiger partial charge < -0.3 is 20.5 Å². The number of halogens is 1. The molecule has 2 aliphatic carbocycles. The lowest BCUT2D eigenvalue weighted by Gasteiger charge is -2.45. The van der Waals surface area contributed by atoms with E-state index in [0.717, 1.165) is 31.2 Å². The first kappa shape index (κ1) is 22.4. The molecule has 2 unspecified atom stereocenters. The molecule has 1 amide bonds. The van der Waals surface area contributed by atoms with Gasteiger partial charge in [-0.25, -0.2) is 0 Å². The maximum absolute atomic E-state index is 12.6. The molecule has 4 rings (SSSR count). The molecule has 2 fully saturated rings. The van der Waals surface area contributed by atoms with Crippen LogP contribution in [0.4, 0.5) is 0 Å². The van der Waals surface area contributed by atoms with Crippen LogP contribution >= 0.6 is 12.4 Å². The largest absolute Gasteiger partial charge is 0.485 e. The summed E-state index contributed by atoms with van der Waals surface area (Å²) in [6.45, 7) is 0.451. The van der Waals surface area contributed by atoms with E-state index in [0.29, 0.717) is 29.9 Å². The molecular formula is C24H31ClN2O3. The Morgan fingerprint density at radius 1 is 0.933 bits per heavy atom. The van der Waals surface area contributed by atoms with E-state index >= 15 is 0 Å². The molecule has 6 heteroatoms. The molecule has 3 N–H and O–H groups in total. The standard InChI is InChI=1S/C24H30N2O3.ClH/c25-20-13-18-9-6-10-19(14-20)24(18)26-23(27)16-29-22-12-5-4-11-21(22)28-15-17-7-2-1-3-8-17;/h1-5,7-8,11-12,18-20,24H,6,9-10,13-16,25H2,(H,26,27);1H. The molecule has 0 saturated heterocycles. The van der Waals surface area contributed by atoms with Gasteiger partial charge in [0.2, 0.25) is 0 Å². The van der Waals surface area contributed by atoms with Crippen LogP contribution in [0.5, 0.6) is 11.5 Å². The number of benzene rings is 2. The van der Waals surface area contributed by atoms with Crippen LogP contribution < -0.4 is 20.5 Å². The molecular weight excluding hydrogens is 400 g/mol. The molecule has 30 heavy (non-hydrogen) atoms. The fourth-order valence-corrected chi connectivity index (χ4v) is 4.82. The number of nitrogens with two attached hydrogens (primary N) is 1. The SMILES string of the molecule is Cl.NC1CC2CCCC(C1)C2NC(=O)COc1ccccc1OCc1ccccc1. The van der Waals surface area contributed by atoms with Gasteiger partial charge in [0.25, 0.3) is 5.91 Å². The highest BCUT2D eigenvalue weighted by molar-refractivity contribution is 5.85. The highest BCUT2D eigenvalue weighted by Crippen LogP contribution is 2.39. The second kappa shape index (κ2) is 10.7. The summed E-state index contributed by atoms with van der Waals surface area (Å²) >= 11 is 0. The van der Waals surface area contributed by atoms with Crippen molar-refractivity contribution in [3.63, 3.8) is 0 Å². The van der Waals surface area contributed by atoms with Gasteiger partial charge in [0.05, 0.1) is 0 Å². The van der Waals surface area contributed by atoms with E-state index < -0.39 is 0 Å². The van der Waals surface area contributed by atoms with Crippen molar-refractivity contribution in [3.05, 3.63) is 60.2 Å². The fraction of sp³-hybridized carbons (Fsp3) is 0.458. The summed E-state index contributed by atoms with van der Waals surface area (Å²) in [4.78, 5) is 12.6. The van der Waals surface area contributed by atoms with Crippen molar-refractivity contribution in [2.75, 3.05) is 6.61 Å². The van der Waals surface area contributed by atoms with Crippen LogP contribution in [-0.4, -0.2) is 24.6 Å². The summed E-state index contributed by atoms with van der Waals surface area (Å²) in [5.74, 6) is 2.17.